The van der Waals surface area contributed by atoms with Gasteiger partial charge < -0.3 is 10.1 Å². The van der Waals surface area contributed by atoms with Gasteiger partial charge in [-0.2, -0.15) is 0 Å². The van der Waals surface area contributed by atoms with Gasteiger partial charge in [0.1, 0.15) is 17.1 Å². The summed E-state index contributed by atoms with van der Waals surface area (Å²) in [5.74, 6) is -0.591. The summed E-state index contributed by atoms with van der Waals surface area (Å²) in [6.45, 7) is 1.84. The van der Waals surface area contributed by atoms with Crippen LogP contribution in [0.1, 0.15) is 27.8 Å². The lowest BCUT2D eigenvalue weighted by Gasteiger charge is -2.20. The molecule has 0 spiro atoms. The number of alkyl halides is 3. The van der Waals surface area contributed by atoms with Crippen LogP contribution in [0.5, 0.6) is 5.75 Å². The quantitative estimate of drug-likeness (QED) is 0.809. The molecule has 3 rings (SSSR count). The number of thioether (sulfide) groups is 1. The Morgan fingerprint density at radius 1 is 1.11 bits per heavy atom. The first-order valence-corrected chi connectivity index (χ1v) is 8.83. The zero-order valence-electron chi connectivity index (χ0n) is 14.0. The first-order chi connectivity index (χ1) is 12.8. The highest BCUT2D eigenvalue weighted by atomic mass is 32.2. The third-order valence-electron chi connectivity index (χ3n) is 3.57. The molecule has 1 heterocycles. The number of nitrogens with one attached hydrogen (secondary N) is 1. The van der Waals surface area contributed by atoms with Crippen LogP contribution in [0.4, 0.5) is 18.9 Å². The van der Waals surface area contributed by atoms with E-state index >= 15 is 0 Å². The standard InChI is InChI=1S/C18H13F3N2O3S/c1-2-27-17-14(15(24)12-4-3-9-22-13(12)16(17)25)23-10-5-7-11(8-6-10)26-18(19,20)21/h3-9,23H,2H2,1H3. The number of carbonyl (C=O) groups excluding carboxylic acids is 2. The van der Waals surface area contributed by atoms with Crippen molar-refractivity contribution >= 4 is 29.0 Å². The Bertz CT molecular complexity index is 924. The predicted molar refractivity (Wildman–Crippen MR) is 94.8 cm³/mol. The Kier molecular flexibility index (Phi) is 5.22. The molecule has 0 bridgehead atoms. The van der Waals surface area contributed by atoms with Crippen molar-refractivity contribution in [3.8, 4) is 5.75 Å². The SMILES string of the molecule is CCSC1=C(Nc2ccc(OC(F)(F)F)cc2)C(=O)c2cccnc2C1=O. The maximum absolute atomic E-state index is 12.8. The van der Waals surface area contributed by atoms with Crippen molar-refractivity contribution in [2.75, 3.05) is 11.1 Å². The number of anilines is 1. The molecule has 1 aliphatic rings. The maximum atomic E-state index is 12.8. The van der Waals surface area contributed by atoms with E-state index in [4.69, 9.17) is 0 Å². The summed E-state index contributed by atoms with van der Waals surface area (Å²) in [4.78, 5) is 29.7. The molecular weight excluding hydrogens is 381 g/mol. The fourth-order valence-corrected chi connectivity index (χ4v) is 3.31. The van der Waals surface area contributed by atoms with Gasteiger partial charge in [0.2, 0.25) is 11.6 Å². The van der Waals surface area contributed by atoms with Crippen LogP contribution in [0.2, 0.25) is 0 Å². The first-order valence-electron chi connectivity index (χ1n) is 7.84. The lowest BCUT2D eigenvalue weighted by Crippen LogP contribution is -2.26. The molecule has 9 heteroatoms. The van der Waals surface area contributed by atoms with E-state index in [1.807, 2.05) is 6.92 Å². The molecule has 1 aromatic heterocycles. The number of rotatable bonds is 5. The van der Waals surface area contributed by atoms with Crippen molar-refractivity contribution in [1.82, 2.24) is 4.98 Å². The molecule has 1 N–H and O–H groups in total. The minimum absolute atomic E-state index is 0.0804. The number of fused-ring (bicyclic) bond motifs is 1. The van der Waals surface area contributed by atoms with Crippen molar-refractivity contribution in [2.24, 2.45) is 0 Å². The van der Waals surface area contributed by atoms with E-state index in [1.54, 1.807) is 6.07 Å². The van der Waals surface area contributed by atoms with Crippen LogP contribution in [0, 0.1) is 0 Å². The fourth-order valence-electron chi connectivity index (χ4n) is 2.51. The minimum atomic E-state index is -4.79. The number of aromatic nitrogens is 1. The number of ketones is 2. The van der Waals surface area contributed by atoms with Crippen molar-refractivity contribution in [1.29, 1.82) is 0 Å². The molecule has 1 aromatic carbocycles. The van der Waals surface area contributed by atoms with Crippen molar-refractivity contribution < 1.29 is 27.5 Å². The molecule has 5 nitrogen and oxygen atoms in total. The van der Waals surface area contributed by atoms with Gasteiger partial charge in [0.25, 0.3) is 0 Å². The lowest BCUT2D eigenvalue weighted by molar-refractivity contribution is -0.274. The molecule has 140 valence electrons. The molecule has 0 aliphatic heterocycles. The third kappa shape index (κ3) is 4.13. The van der Waals surface area contributed by atoms with Gasteiger partial charge in [0.05, 0.1) is 10.5 Å². The van der Waals surface area contributed by atoms with E-state index in [-0.39, 0.29) is 33.4 Å². The molecular formula is C18H13F3N2O3S. The minimum Gasteiger partial charge on any atom is -0.406 e. The monoisotopic (exact) mass is 394 g/mol. The van der Waals surface area contributed by atoms with Gasteiger partial charge in [0, 0.05) is 11.9 Å². The molecule has 27 heavy (non-hydrogen) atoms. The largest absolute Gasteiger partial charge is 0.573 e. The Labute approximate surface area is 156 Å². The Balaban J connectivity index is 1.92. The van der Waals surface area contributed by atoms with E-state index in [1.165, 1.54) is 36.2 Å². The van der Waals surface area contributed by atoms with E-state index < -0.39 is 12.1 Å². The Hall–Kier alpha value is -2.81. The van der Waals surface area contributed by atoms with E-state index in [0.29, 0.717) is 11.4 Å². The molecule has 0 atom stereocenters. The van der Waals surface area contributed by atoms with Crippen molar-refractivity contribution in [2.45, 2.75) is 13.3 Å². The molecule has 0 saturated carbocycles. The van der Waals surface area contributed by atoms with Crippen LogP contribution < -0.4 is 10.1 Å². The molecule has 1 aliphatic carbocycles. The highest BCUT2D eigenvalue weighted by Crippen LogP contribution is 2.33. The molecule has 2 aromatic rings. The number of allylic oxidation sites excluding steroid dienone is 2. The van der Waals surface area contributed by atoms with Gasteiger partial charge in [-0.25, -0.2) is 0 Å². The second-order valence-electron chi connectivity index (χ2n) is 5.39. The molecule has 0 radical (unpaired) electrons. The summed E-state index contributed by atoms with van der Waals surface area (Å²) >= 11 is 1.20. The normalized spacial score (nSPS) is 14.2. The molecule has 0 fully saturated rings. The number of ether oxygens (including phenoxy) is 1. The summed E-state index contributed by atoms with van der Waals surface area (Å²) in [6.07, 6.45) is -3.35. The van der Waals surface area contributed by atoms with Crippen molar-refractivity contribution in [3.05, 3.63) is 64.5 Å². The fraction of sp³-hybridized carbons (Fsp3) is 0.167. The summed E-state index contributed by atoms with van der Waals surface area (Å²) < 4.78 is 40.6. The molecule has 0 amide bonds. The average molecular weight is 394 g/mol. The number of pyridine rings is 1. The van der Waals surface area contributed by atoms with Crippen LogP contribution in [0.15, 0.2) is 53.2 Å². The zero-order valence-corrected chi connectivity index (χ0v) is 14.8. The van der Waals surface area contributed by atoms with Gasteiger partial charge in [0.15, 0.2) is 0 Å². The predicted octanol–water partition coefficient (Wildman–Crippen LogP) is 4.44. The number of halogens is 3. The summed E-state index contributed by atoms with van der Waals surface area (Å²) in [5.41, 5.74) is 0.708. The smallest absolute Gasteiger partial charge is 0.406 e. The van der Waals surface area contributed by atoms with Crippen LogP contribution in [0.25, 0.3) is 0 Å². The van der Waals surface area contributed by atoms with E-state index in [0.717, 1.165) is 12.1 Å². The number of benzene rings is 1. The van der Waals surface area contributed by atoms with Crippen LogP contribution in [-0.2, 0) is 0 Å². The van der Waals surface area contributed by atoms with Gasteiger partial charge in [-0.1, -0.05) is 6.92 Å². The van der Waals surface area contributed by atoms with Gasteiger partial charge >= 0.3 is 6.36 Å². The highest BCUT2D eigenvalue weighted by Gasteiger charge is 2.34. The molecule has 0 saturated heterocycles. The third-order valence-corrected chi connectivity index (χ3v) is 4.54. The Morgan fingerprint density at radius 3 is 2.44 bits per heavy atom. The van der Waals surface area contributed by atoms with Gasteiger partial charge in [-0.15, -0.1) is 24.9 Å². The van der Waals surface area contributed by atoms with Crippen molar-refractivity contribution in [3.63, 3.8) is 0 Å². The second-order valence-corrected chi connectivity index (χ2v) is 6.67. The Morgan fingerprint density at radius 2 is 1.81 bits per heavy atom. The van der Waals surface area contributed by atoms with Crippen LogP contribution >= 0.6 is 11.8 Å². The van der Waals surface area contributed by atoms with Crippen LogP contribution in [-0.4, -0.2) is 28.7 Å². The van der Waals surface area contributed by atoms with Crippen LogP contribution in [0.3, 0.4) is 0 Å². The van der Waals surface area contributed by atoms with Gasteiger partial charge in [-0.05, 0) is 42.2 Å². The topological polar surface area (TPSA) is 68.3 Å². The average Bonchev–Trinajstić information content (AvgIpc) is 2.63. The zero-order chi connectivity index (χ0) is 19.6. The van der Waals surface area contributed by atoms with E-state index in [2.05, 4.69) is 15.0 Å². The van der Waals surface area contributed by atoms with Gasteiger partial charge in [-0.3, -0.25) is 14.6 Å². The number of nitrogens with zero attached hydrogens (tertiary/aromatic N) is 1. The summed E-state index contributed by atoms with van der Waals surface area (Å²) in [7, 11) is 0. The summed E-state index contributed by atoms with van der Waals surface area (Å²) in [6, 6.07) is 7.97. The maximum Gasteiger partial charge on any atom is 0.573 e. The lowest BCUT2D eigenvalue weighted by atomic mass is 9.96. The summed E-state index contributed by atoms with van der Waals surface area (Å²) in [5, 5.41) is 2.85. The number of hydrogen-bond donors (Lipinski definition) is 1. The van der Waals surface area contributed by atoms with E-state index in [9.17, 15) is 22.8 Å². The number of carbonyl (C=O) groups is 2. The number of Topliss-reactive ketones (excluding diaryl/α,β-unsaturated/α-hetero) is 2. The first kappa shape index (κ1) is 19.0. The number of hydrogen-bond acceptors (Lipinski definition) is 6. The molecule has 0 unspecified atom stereocenters. The highest BCUT2D eigenvalue weighted by molar-refractivity contribution is 8.04. The second kappa shape index (κ2) is 7.43.